The molecule has 2 aromatic rings. The summed E-state index contributed by atoms with van der Waals surface area (Å²) < 4.78 is 27.6. The van der Waals surface area contributed by atoms with Gasteiger partial charge in [0.2, 0.25) is 10.0 Å². The summed E-state index contributed by atoms with van der Waals surface area (Å²) in [5.74, 6) is 0. The van der Waals surface area contributed by atoms with Crippen LogP contribution in [0.15, 0.2) is 42.7 Å². The van der Waals surface area contributed by atoms with E-state index in [1.165, 1.54) is 0 Å². The van der Waals surface area contributed by atoms with Gasteiger partial charge in [-0.1, -0.05) is 12.1 Å². The maximum Gasteiger partial charge on any atom is 0.214 e. The van der Waals surface area contributed by atoms with E-state index >= 15 is 0 Å². The fourth-order valence-corrected chi connectivity index (χ4v) is 3.46. The van der Waals surface area contributed by atoms with Crippen molar-refractivity contribution in [3.63, 3.8) is 0 Å². The van der Waals surface area contributed by atoms with Crippen molar-refractivity contribution in [2.24, 2.45) is 0 Å². The molecule has 1 aromatic carbocycles. The van der Waals surface area contributed by atoms with Gasteiger partial charge in [-0.05, 0) is 36.6 Å². The molecule has 21 heavy (non-hydrogen) atoms. The molecule has 1 heterocycles. The number of sulfonamides is 1. The van der Waals surface area contributed by atoms with Gasteiger partial charge in [0.05, 0.1) is 17.0 Å². The van der Waals surface area contributed by atoms with Crippen molar-refractivity contribution in [2.45, 2.75) is 24.2 Å². The summed E-state index contributed by atoms with van der Waals surface area (Å²) in [7, 11) is -3.26. The third-order valence-corrected chi connectivity index (χ3v) is 5.41. The lowest BCUT2D eigenvalue weighted by Gasteiger charge is -2.13. The molecule has 1 aliphatic rings. The Morgan fingerprint density at radius 2 is 2.05 bits per heavy atom. The quantitative estimate of drug-likeness (QED) is 0.833. The highest BCUT2D eigenvalue weighted by molar-refractivity contribution is 7.90. The molecule has 1 unspecified atom stereocenters. The number of aromatic nitrogens is 2. The number of aliphatic hydroxyl groups excluding tert-OH is 1. The van der Waals surface area contributed by atoms with Crippen LogP contribution in [0.3, 0.4) is 0 Å². The Balaban J connectivity index is 1.63. The third kappa shape index (κ3) is 3.31. The van der Waals surface area contributed by atoms with Crippen LogP contribution in [0.5, 0.6) is 0 Å². The van der Waals surface area contributed by atoms with Crippen molar-refractivity contribution in [2.75, 3.05) is 6.54 Å². The topological polar surface area (TPSA) is 84.2 Å². The van der Waals surface area contributed by atoms with E-state index in [9.17, 15) is 13.5 Å². The molecule has 0 saturated heterocycles. The zero-order chi connectivity index (χ0) is 14.9. The van der Waals surface area contributed by atoms with Crippen LogP contribution >= 0.6 is 0 Å². The molecule has 6 nitrogen and oxygen atoms in total. The van der Waals surface area contributed by atoms with Crippen LogP contribution in [0.25, 0.3) is 5.69 Å². The van der Waals surface area contributed by atoms with E-state index in [0.717, 1.165) is 5.69 Å². The molecule has 112 valence electrons. The number of nitrogens with one attached hydrogen (secondary N) is 1. The third-order valence-electron chi connectivity index (χ3n) is 3.49. The van der Waals surface area contributed by atoms with Crippen LogP contribution < -0.4 is 4.72 Å². The number of hydrogen-bond acceptors (Lipinski definition) is 4. The van der Waals surface area contributed by atoms with Crippen molar-refractivity contribution in [1.29, 1.82) is 0 Å². The van der Waals surface area contributed by atoms with Gasteiger partial charge in [-0.2, -0.15) is 5.10 Å². The molecule has 1 fully saturated rings. The Kier molecular flexibility index (Phi) is 3.79. The number of benzene rings is 1. The van der Waals surface area contributed by atoms with E-state index in [1.54, 1.807) is 23.0 Å². The van der Waals surface area contributed by atoms with E-state index in [2.05, 4.69) is 9.82 Å². The Hall–Kier alpha value is -1.70. The van der Waals surface area contributed by atoms with Crippen LogP contribution in [0.1, 0.15) is 24.5 Å². The zero-order valence-corrected chi connectivity index (χ0v) is 12.2. The fraction of sp³-hybridized carbons (Fsp3) is 0.357. The average molecular weight is 307 g/mol. The zero-order valence-electron chi connectivity index (χ0n) is 11.4. The molecule has 0 bridgehead atoms. The normalized spacial score (nSPS) is 16.8. The van der Waals surface area contributed by atoms with Crippen LogP contribution in [0, 0.1) is 0 Å². The first-order valence-electron chi connectivity index (χ1n) is 6.83. The van der Waals surface area contributed by atoms with Crippen molar-refractivity contribution in [1.82, 2.24) is 14.5 Å². The van der Waals surface area contributed by atoms with E-state index in [-0.39, 0.29) is 11.8 Å². The summed E-state index contributed by atoms with van der Waals surface area (Å²) in [5, 5.41) is 13.9. The highest BCUT2D eigenvalue weighted by atomic mass is 32.2. The number of hydrogen-bond donors (Lipinski definition) is 2. The molecule has 3 rings (SSSR count). The minimum atomic E-state index is -3.26. The first-order chi connectivity index (χ1) is 10.1. The molecule has 1 aliphatic carbocycles. The van der Waals surface area contributed by atoms with Crippen molar-refractivity contribution in [3.8, 4) is 5.69 Å². The molecule has 7 heteroatoms. The van der Waals surface area contributed by atoms with Crippen LogP contribution in [-0.4, -0.2) is 35.1 Å². The van der Waals surface area contributed by atoms with Gasteiger partial charge >= 0.3 is 0 Å². The van der Waals surface area contributed by atoms with Gasteiger partial charge in [0, 0.05) is 18.9 Å². The molecule has 0 aliphatic heterocycles. The first kappa shape index (κ1) is 14.2. The Bertz CT molecular complexity index is 692. The number of rotatable bonds is 6. The minimum Gasteiger partial charge on any atom is -0.387 e. The SMILES string of the molecule is O=S(=O)(NCC(O)c1ccc(-n2cccn2)cc1)C1CC1. The summed E-state index contributed by atoms with van der Waals surface area (Å²) in [6.45, 7) is -0.0000498. The molecule has 2 N–H and O–H groups in total. The summed E-state index contributed by atoms with van der Waals surface area (Å²) in [4.78, 5) is 0. The standard InChI is InChI=1S/C14H17N3O3S/c18-14(10-16-21(19,20)13-6-7-13)11-2-4-12(5-3-11)17-9-1-8-15-17/h1-5,8-9,13-14,16,18H,6-7,10H2. The molecular weight excluding hydrogens is 290 g/mol. The lowest BCUT2D eigenvalue weighted by molar-refractivity contribution is 0.182. The second kappa shape index (κ2) is 5.59. The fourth-order valence-electron chi connectivity index (χ4n) is 2.08. The predicted molar refractivity (Wildman–Crippen MR) is 78.5 cm³/mol. The highest BCUT2D eigenvalue weighted by Gasteiger charge is 2.35. The van der Waals surface area contributed by atoms with Gasteiger partial charge in [-0.25, -0.2) is 17.8 Å². The molecule has 0 amide bonds. The Morgan fingerprint density at radius 3 is 2.62 bits per heavy atom. The molecule has 0 spiro atoms. The van der Waals surface area contributed by atoms with Crippen LogP contribution in [0.4, 0.5) is 0 Å². The summed E-state index contributed by atoms with van der Waals surface area (Å²) in [6.07, 6.45) is 4.09. The van der Waals surface area contributed by atoms with Gasteiger partial charge in [0.15, 0.2) is 0 Å². The van der Waals surface area contributed by atoms with E-state index in [1.807, 2.05) is 24.4 Å². The minimum absolute atomic E-state index is 0.0000498. The second-order valence-electron chi connectivity index (χ2n) is 5.15. The van der Waals surface area contributed by atoms with Crippen LogP contribution in [-0.2, 0) is 10.0 Å². The maximum atomic E-state index is 11.7. The van der Waals surface area contributed by atoms with Crippen molar-refractivity contribution in [3.05, 3.63) is 48.3 Å². The van der Waals surface area contributed by atoms with Gasteiger partial charge < -0.3 is 5.11 Å². The van der Waals surface area contributed by atoms with E-state index < -0.39 is 16.1 Å². The molecular formula is C14H17N3O3S. The summed E-state index contributed by atoms with van der Waals surface area (Å²) in [6, 6.07) is 9.04. The largest absolute Gasteiger partial charge is 0.387 e. The van der Waals surface area contributed by atoms with E-state index in [4.69, 9.17) is 0 Å². The second-order valence-corrected chi connectivity index (χ2v) is 7.20. The predicted octanol–water partition coefficient (Wildman–Crippen LogP) is 0.987. The Labute approximate surface area is 123 Å². The van der Waals surface area contributed by atoms with Crippen LogP contribution in [0.2, 0.25) is 0 Å². The van der Waals surface area contributed by atoms with Crippen molar-refractivity contribution >= 4 is 10.0 Å². The average Bonchev–Trinajstić information content (AvgIpc) is 3.22. The van der Waals surface area contributed by atoms with Gasteiger partial charge in [0.1, 0.15) is 0 Å². The molecule has 1 aromatic heterocycles. The maximum absolute atomic E-state index is 11.7. The smallest absolute Gasteiger partial charge is 0.214 e. The summed E-state index contributed by atoms with van der Waals surface area (Å²) in [5.41, 5.74) is 1.55. The highest BCUT2D eigenvalue weighted by Crippen LogP contribution is 2.27. The lowest BCUT2D eigenvalue weighted by atomic mass is 10.1. The van der Waals surface area contributed by atoms with Gasteiger partial charge in [-0.15, -0.1) is 0 Å². The van der Waals surface area contributed by atoms with Gasteiger partial charge in [-0.3, -0.25) is 0 Å². The Morgan fingerprint density at radius 1 is 1.33 bits per heavy atom. The van der Waals surface area contributed by atoms with E-state index in [0.29, 0.717) is 18.4 Å². The first-order valence-corrected chi connectivity index (χ1v) is 8.37. The summed E-state index contributed by atoms with van der Waals surface area (Å²) >= 11 is 0. The molecule has 0 radical (unpaired) electrons. The molecule has 1 saturated carbocycles. The monoisotopic (exact) mass is 307 g/mol. The van der Waals surface area contributed by atoms with Gasteiger partial charge in [0.25, 0.3) is 0 Å². The number of aliphatic hydroxyl groups is 1. The number of nitrogens with zero attached hydrogens (tertiary/aromatic N) is 2. The molecule has 1 atom stereocenters. The van der Waals surface area contributed by atoms with Crippen molar-refractivity contribution < 1.29 is 13.5 Å². The lowest BCUT2D eigenvalue weighted by Crippen LogP contribution is -2.31.